The lowest BCUT2D eigenvalue weighted by Crippen LogP contribution is -1.96. The summed E-state index contributed by atoms with van der Waals surface area (Å²) >= 11 is 3.42. The average Bonchev–Trinajstić information content (AvgIpc) is 3.78. The first-order chi connectivity index (χ1) is 20.8. The number of nitrogens with one attached hydrogen (secondary N) is 4. The molecule has 0 fully saturated rings. The number of hydrogen-bond donors (Lipinski definition) is 4. The third-order valence-electron chi connectivity index (χ3n) is 6.99. The third kappa shape index (κ3) is 5.49. The Balaban J connectivity index is 0.000000141. The van der Waals surface area contributed by atoms with Crippen molar-refractivity contribution in [3.63, 3.8) is 0 Å². The topological polar surface area (TPSA) is 166 Å². The van der Waals surface area contributed by atoms with Gasteiger partial charge in [-0.3, -0.25) is 9.98 Å². The van der Waals surface area contributed by atoms with Gasteiger partial charge in [0.15, 0.2) is 9.84 Å². The van der Waals surface area contributed by atoms with E-state index in [1.807, 2.05) is 42.8 Å². The molecular weight excluding hydrogens is 632 g/mol. The van der Waals surface area contributed by atoms with Gasteiger partial charge in [-0.25, -0.2) is 28.4 Å². The molecule has 2 aliphatic heterocycles. The molecule has 8 rings (SSSR count). The number of nitrogens with zero attached hydrogens (tertiary/aromatic N) is 6. The van der Waals surface area contributed by atoms with E-state index in [-0.39, 0.29) is 5.03 Å². The van der Waals surface area contributed by atoms with Crippen LogP contribution in [-0.4, -0.2) is 57.0 Å². The van der Waals surface area contributed by atoms with Gasteiger partial charge in [0.25, 0.3) is 0 Å². The Labute approximate surface area is 253 Å². The minimum Gasteiger partial charge on any atom is -0.340 e. The van der Waals surface area contributed by atoms with Gasteiger partial charge in [0.2, 0.25) is 0 Å². The zero-order valence-corrected chi connectivity index (χ0v) is 25.0. The lowest BCUT2D eigenvalue weighted by atomic mass is 10.1. The van der Waals surface area contributed by atoms with E-state index in [2.05, 4.69) is 78.6 Å². The summed E-state index contributed by atoms with van der Waals surface area (Å²) in [7, 11) is -3.33. The van der Waals surface area contributed by atoms with Gasteiger partial charge in [0.1, 0.15) is 40.6 Å². The van der Waals surface area contributed by atoms with Crippen LogP contribution in [0, 0.1) is 0 Å². The van der Waals surface area contributed by atoms with Crippen molar-refractivity contribution in [2.24, 2.45) is 9.98 Å². The van der Waals surface area contributed by atoms with E-state index < -0.39 is 9.84 Å². The molecule has 0 bridgehead atoms. The van der Waals surface area contributed by atoms with E-state index in [4.69, 9.17) is 0 Å². The molecule has 6 aromatic rings. The summed E-state index contributed by atoms with van der Waals surface area (Å²) in [5.41, 5.74) is 7.82. The molecule has 0 atom stereocenters. The zero-order valence-electron chi connectivity index (χ0n) is 22.6. The van der Waals surface area contributed by atoms with E-state index in [1.165, 1.54) is 17.5 Å². The van der Waals surface area contributed by atoms with Gasteiger partial charge in [-0.15, -0.1) is 0 Å². The third-order valence-corrected chi connectivity index (χ3v) is 8.44. The van der Waals surface area contributed by atoms with Crippen molar-refractivity contribution >= 4 is 83.3 Å². The Morgan fingerprint density at radius 1 is 0.721 bits per heavy atom. The molecule has 6 heterocycles. The lowest BCUT2D eigenvalue weighted by Gasteiger charge is -2.07. The number of rotatable bonds is 5. The maximum Gasteiger partial charge on any atom is 0.190 e. The monoisotopic (exact) mass is 654 g/mol. The number of H-pyrrole nitrogens is 2. The number of anilines is 4. The lowest BCUT2D eigenvalue weighted by molar-refractivity contribution is 0.599. The summed E-state index contributed by atoms with van der Waals surface area (Å²) in [6, 6.07) is 15.7. The van der Waals surface area contributed by atoms with Gasteiger partial charge < -0.3 is 20.6 Å². The maximum absolute atomic E-state index is 11.7. The summed E-state index contributed by atoms with van der Waals surface area (Å²) in [5, 5.41) is 8.25. The number of aliphatic imine (C=N–C) groups is 2. The number of hydrogen-bond acceptors (Lipinski definition) is 10. The van der Waals surface area contributed by atoms with Crippen molar-refractivity contribution in [1.29, 1.82) is 0 Å². The van der Waals surface area contributed by atoms with Gasteiger partial charge in [-0.05, 0) is 74.6 Å². The Kier molecular flexibility index (Phi) is 6.70. The molecular formula is C29H23BrN10O2S. The van der Waals surface area contributed by atoms with Crippen molar-refractivity contribution in [3.05, 3.63) is 88.0 Å². The molecule has 0 saturated carbocycles. The fraction of sp³-hybridized carbons (Fsp3) is 0.103. The molecule has 0 amide bonds. The molecule has 0 unspecified atom stereocenters. The molecule has 0 radical (unpaired) electrons. The van der Waals surface area contributed by atoms with Crippen LogP contribution in [0.4, 0.5) is 23.0 Å². The fourth-order valence-electron chi connectivity index (χ4n) is 4.85. The van der Waals surface area contributed by atoms with Crippen LogP contribution < -0.4 is 10.6 Å². The molecule has 4 aromatic heterocycles. The molecule has 0 aliphatic carbocycles. The molecule has 214 valence electrons. The summed E-state index contributed by atoms with van der Waals surface area (Å²) in [6.45, 7) is 1.49. The smallest absolute Gasteiger partial charge is 0.190 e. The van der Waals surface area contributed by atoms with Crippen LogP contribution >= 0.6 is 15.9 Å². The van der Waals surface area contributed by atoms with Crippen molar-refractivity contribution in [2.45, 2.75) is 18.1 Å². The molecule has 2 aliphatic rings. The molecule has 43 heavy (non-hydrogen) atoms. The quantitative estimate of drug-likeness (QED) is 0.191. The summed E-state index contributed by atoms with van der Waals surface area (Å²) in [6.07, 6.45) is 7.83. The molecule has 0 saturated heterocycles. The van der Waals surface area contributed by atoms with Crippen molar-refractivity contribution < 1.29 is 8.42 Å². The Bertz CT molecular complexity index is 2200. The molecule has 4 N–H and O–H groups in total. The van der Waals surface area contributed by atoms with E-state index in [1.54, 1.807) is 12.4 Å². The summed E-state index contributed by atoms with van der Waals surface area (Å²) < 4.78 is 24.3. The number of halogens is 1. The summed E-state index contributed by atoms with van der Waals surface area (Å²) in [5.74, 6) is 1.34. The van der Waals surface area contributed by atoms with E-state index in [0.717, 1.165) is 56.8 Å². The highest BCUT2D eigenvalue weighted by molar-refractivity contribution is 9.10. The van der Waals surface area contributed by atoms with E-state index >= 15 is 0 Å². The van der Waals surface area contributed by atoms with Crippen LogP contribution in [0.25, 0.3) is 22.1 Å². The summed E-state index contributed by atoms with van der Waals surface area (Å²) in [4.78, 5) is 31.2. The van der Waals surface area contributed by atoms with Gasteiger partial charge in [0, 0.05) is 30.1 Å². The number of sulfone groups is 1. The van der Waals surface area contributed by atoms with Crippen LogP contribution in [0.2, 0.25) is 0 Å². The number of aromatic nitrogens is 6. The van der Waals surface area contributed by atoms with Crippen LogP contribution in [0.15, 0.2) is 80.8 Å². The first-order valence-corrected chi connectivity index (χ1v) is 15.8. The largest absolute Gasteiger partial charge is 0.340 e. The molecule has 14 heteroatoms. The van der Waals surface area contributed by atoms with Crippen LogP contribution in [0.3, 0.4) is 0 Å². The predicted molar refractivity (Wildman–Crippen MR) is 171 cm³/mol. The first kappa shape index (κ1) is 26.9. The number of fused-ring (bicyclic) bond motifs is 4. The average molecular weight is 656 g/mol. The second-order valence-corrected chi connectivity index (χ2v) is 12.8. The van der Waals surface area contributed by atoms with Gasteiger partial charge in [-0.1, -0.05) is 12.1 Å². The number of benzene rings is 2. The highest BCUT2D eigenvalue weighted by atomic mass is 79.9. The highest BCUT2D eigenvalue weighted by Crippen LogP contribution is 2.29. The first-order valence-electron chi connectivity index (χ1n) is 13.1. The molecule has 12 nitrogen and oxygen atoms in total. The van der Waals surface area contributed by atoms with Gasteiger partial charge >= 0.3 is 0 Å². The second kappa shape index (κ2) is 10.7. The highest BCUT2D eigenvalue weighted by Gasteiger charge is 2.15. The van der Waals surface area contributed by atoms with E-state index in [0.29, 0.717) is 23.4 Å². The van der Waals surface area contributed by atoms with E-state index in [9.17, 15) is 8.42 Å². The standard InChI is InChI=1S/C15H13N5O2S.C14H10BrN5/c1-23(21,22)13-5-12-14(17-8-18-15(12)20-13)19-11-3-2-9-6-16-7-10(9)4-11;15-12-4-11-13(17-7-18-14(11)20-12)19-10-2-1-8-5-16-6-9(8)3-10/h2-5,7-8H,6H2,1H3,(H2,17,18,19,20);1-4,6-7H,5H2,(H2,17,18,19,20). The SMILES string of the molecule is Brc1cc2c(Nc3ccc4c(c3)C=NC4)ncnc2[nH]1.CS(=O)(=O)c1cc2c(Nc3ccc4c(c3)C=NC4)ncnc2[nH]1. The minimum absolute atomic E-state index is 0.122. The van der Waals surface area contributed by atoms with Crippen LogP contribution in [0.5, 0.6) is 0 Å². The maximum atomic E-state index is 11.7. The Hall–Kier alpha value is -4.95. The normalized spacial score (nSPS) is 13.2. The van der Waals surface area contributed by atoms with Gasteiger partial charge in [0.05, 0.1) is 28.5 Å². The fourth-order valence-corrected chi connectivity index (χ4v) is 5.89. The minimum atomic E-state index is -3.33. The Morgan fingerprint density at radius 2 is 1.26 bits per heavy atom. The molecule has 2 aromatic carbocycles. The van der Waals surface area contributed by atoms with Gasteiger partial charge in [-0.2, -0.15) is 0 Å². The Morgan fingerprint density at radius 3 is 1.81 bits per heavy atom. The van der Waals surface area contributed by atoms with Crippen LogP contribution in [-0.2, 0) is 22.9 Å². The predicted octanol–water partition coefficient (Wildman–Crippen LogP) is 5.43. The van der Waals surface area contributed by atoms with Crippen molar-refractivity contribution in [2.75, 3.05) is 16.9 Å². The number of aromatic amines is 2. The van der Waals surface area contributed by atoms with Crippen molar-refractivity contribution in [1.82, 2.24) is 29.9 Å². The zero-order chi connectivity index (χ0) is 29.6. The van der Waals surface area contributed by atoms with Crippen molar-refractivity contribution in [3.8, 4) is 0 Å². The second-order valence-electron chi connectivity index (χ2n) is 10.0. The van der Waals surface area contributed by atoms with Crippen LogP contribution in [0.1, 0.15) is 22.3 Å². The molecule has 0 spiro atoms.